The quantitative estimate of drug-likeness (QED) is 0.277. The fourth-order valence-corrected chi connectivity index (χ4v) is 4.81. The van der Waals surface area contributed by atoms with Crippen molar-refractivity contribution in [3.8, 4) is 0 Å². The third-order valence-electron chi connectivity index (χ3n) is 7.59. The van der Waals surface area contributed by atoms with Crippen LogP contribution in [-0.2, 0) is 32.0 Å². The summed E-state index contributed by atoms with van der Waals surface area (Å²) in [6, 6.07) is 18.0. The Bertz CT molecular complexity index is 1480. The summed E-state index contributed by atoms with van der Waals surface area (Å²) < 4.78 is 19.0. The van der Waals surface area contributed by atoms with Crippen LogP contribution in [0.2, 0.25) is 0 Å². The van der Waals surface area contributed by atoms with E-state index in [1.54, 1.807) is 13.8 Å². The second kappa shape index (κ2) is 13.6. The number of carbonyl (C=O) groups is 4. The number of carbonyl (C=O) groups excluding carboxylic acids is 3. The fraction of sp³-hybridized carbons (Fsp3) is 0.375. The number of amides is 4. The van der Waals surface area contributed by atoms with Gasteiger partial charge in [-0.1, -0.05) is 54.6 Å². The summed E-state index contributed by atoms with van der Waals surface area (Å²) in [5.41, 5.74) is 4.77. The van der Waals surface area contributed by atoms with Crippen LogP contribution in [0.3, 0.4) is 0 Å². The Morgan fingerprint density at radius 3 is 2.16 bits per heavy atom. The Morgan fingerprint density at radius 1 is 0.953 bits per heavy atom. The van der Waals surface area contributed by atoms with Crippen LogP contribution in [0.25, 0.3) is 10.8 Å². The Labute approximate surface area is 250 Å². The monoisotopic (exact) mass is 594 g/mol. The SMILES string of the molecule is CN(C(=O)COCC(C)(C)NC(=O)O)[C@H](Cc1ccc2ccccc2c1)C(=O)N(C)[C@](C)(Cc1ccc(F)cc1)C(N)=O. The molecule has 43 heavy (non-hydrogen) atoms. The van der Waals surface area contributed by atoms with Crippen molar-refractivity contribution >= 4 is 34.6 Å². The van der Waals surface area contributed by atoms with Gasteiger partial charge in [0.15, 0.2) is 0 Å². The van der Waals surface area contributed by atoms with Gasteiger partial charge in [0.1, 0.15) is 24.0 Å². The normalized spacial score (nSPS) is 13.5. The lowest BCUT2D eigenvalue weighted by Gasteiger charge is -2.40. The molecule has 0 saturated carbocycles. The zero-order valence-corrected chi connectivity index (χ0v) is 25.1. The van der Waals surface area contributed by atoms with Crippen molar-refractivity contribution in [2.45, 2.75) is 50.7 Å². The number of rotatable bonds is 13. The molecule has 0 aliphatic rings. The van der Waals surface area contributed by atoms with Crippen LogP contribution < -0.4 is 11.1 Å². The number of carboxylic acid groups (broad SMARTS) is 1. The number of primary amides is 1. The number of hydrogen-bond acceptors (Lipinski definition) is 5. The molecule has 0 saturated heterocycles. The van der Waals surface area contributed by atoms with E-state index in [-0.39, 0.29) is 19.4 Å². The Morgan fingerprint density at radius 2 is 1.56 bits per heavy atom. The highest BCUT2D eigenvalue weighted by Gasteiger charge is 2.42. The van der Waals surface area contributed by atoms with Gasteiger partial charge in [-0.2, -0.15) is 0 Å². The topological polar surface area (TPSA) is 142 Å². The van der Waals surface area contributed by atoms with Gasteiger partial charge in [0.25, 0.3) is 0 Å². The van der Waals surface area contributed by atoms with Gasteiger partial charge >= 0.3 is 6.09 Å². The maximum absolute atomic E-state index is 14.2. The lowest BCUT2D eigenvalue weighted by Crippen LogP contribution is -2.62. The van der Waals surface area contributed by atoms with Crippen molar-refractivity contribution in [2.24, 2.45) is 5.73 Å². The smallest absolute Gasteiger partial charge is 0.405 e. The van der Waals surface area contributed by atoms with Gasteiger partial charge in [0.05, 0.1) is 12.1 Å². The zero-order valence-electron chi connectivity index (χ0n) is 25.1. The van der Waals surface area contributed by atoms with Crippen LogP contribution in [0.4, 0.5) is 9.18 Å². The van der Waals surface area contributed by atoms with Crippen molar-refractivity contribution in [1.82, 2.24) is 15.1 Å². The van der Waals surface area contributed by atoms with Gasteiger partial charge in [0, 0.05) is 26.9 Å². The van der Waals surface area contributed by atoms with E-state index in [4.69, 9.17) is 15.6 Å². The highest BCUT2D eigenvalue weighted by molar-refractivity contribution is 5.94. The van der Waals surface area contributed by atoms with Gasteiger partial charge in [-0.05, 0) is 54.8 Å². The van der Waals surface area contributed by atoms with Gasteiger partial charge in [-0.25, -0.2) is 9.18 Å². The fourth-order valence-electron chi connectivity index (χ4n) is 4.81. The minimum Gasteiger partial charge on any atom is -0.465 e. The lowest BCUT2D eigenvalue weighted by molar-refractivity contribution is -0.152. The first-order valence-electron chi connectivity index (χ1n) is 13.8. The molecule has 0 spiro atoms. The molecule has 2 atom stereocenters. The average molecular weight is 595 g/mol. The second-order valence-electron chi connectivity index (χ2n) is 11.6. The van der Waals surface area contributed by atoms with E-state index in [1.807, 2.05) is 42.5 Å². The molecule has 3 rings (SSSR count). The van der Waals surface area contributed by atoms with Crippen LogP contribution in [0.15, 0.2) is 66.7 Å². The average Bonchev–Trinajstić information content (AvgIpc) is 2.94. The van der Waals surface area contributed by atoms with Crippen LogP contribution in [-0.4, -0.2) is 83.1 Å². The van der Waals surface area contributed by atoms with Crippen molar-refractivity contribution in [1.29, 1.82) is 0 Å². The minimum absolute atomic E-state index is 0.0278. The third kappa shape index (κ3) is 8.51. The molecule has 10 nitrogen and oxygen atoms in total. The van der Waals surface area contributed by atoms with E-state index < -0.39 is 53.4 Å². The summed E-state index contributed by atoms with van der Waals surface area (Å²) in [6.07, 6.45) is -1.06. The number of nitrogens with one attached hydrogen (secondary N) is 1. The number of halogens is 1. The van der Waals surface area contributed by atoms with E-state index >= 15 is 0 Å². The van der Waals surface area contributed by atoms with E-state index in [0.29, 0.717) is 5.56 Å². The van der Waals surface area contributed by atoms with E-state index in [9.17, 15) is 23.6 Å². The first-order chi connectivity index (χ1) is 20.1. The molecule has 0 aromatic heterocycles. The van der Waals surface area contributed by atoms with Crippen molar-refractivity contribution in [3.63, 3.8) is 0 Å². The number of likely N-dealkylation sites (N-methyl/N-ethyl adjacent to an activating group) is 2. The zero-order chi connectivity index (χ0) is 31.9. The molecule has 11 heteroatoms. The molecule has 0 aliphatic heterocycles. The number of benzene rings is 3. The van der Waals surface area contributed by atoms with Crippen LogP contribution >= 0.6 is 0 Å². The first-order valence-corrected chi connectivity index (χ1v) is 13.8. The maximum Gasteiger partial charge on any atom is 0.405 e. The van der Waals surface area contributed by atoms with Gasteiger partial charge < -0.3 is 30.7 Å². The Balaban J connectivity index is 1.90. The molecule has 230 valence electrons. The minimum atomic E-state index is -1.50. The number of nitrogens with zero attached hydrogens (tertiary/aromatic N) is 2. The molecule has 0 heterocycles. The molecule has 0 aliphatic carbocycles. The number of ether oxygens (including phenoxy) is 1. The van der Waals surface area contributed by atoms with Crippen molar-refractivity contribution < 1.29 is 33.4 Å². The maximum atomic E-state index is 14.2. The molecular formula is C32H39FN4O6. The van der Waals surface area contributed by atoms with Crippen LogP contribution in [0.5, 0.6) is 0 Å². The molecular weight excluding hydrogens is 555 g/mol. The summed E-state index contributed by atoms with van der Waals surface area (Å²) in [5.74, 6) is -2.24. The molecule has 4 N–H and O–H groups in total. The number of hydrogen-bond donors (Lipinski definition) is 3. The Kier molecular flexibility index (Phi) is 10.5. The molecule has 0 fully saturated rings. The van der Waals surface area contributed by atoms with E-state index in [0.717, 1.165) is 16.3 Å². The summed E-state index contributed by atoms with van der Waals surface area (Å²) in [7, 11) is 2.93. The van der Waals surface area contributed by atoms with Gasteiger partial charge in [-0.3, -0.25) is 14.4 Å². The Hall–Kier alpha value is -4.51. The lowest BCUT2D eigenvalue weighted by atomic mass is 9.89. The van der Waals surface area contributed by atoms with Crippen molar-refractivity contribution in [3.05, 3.63) is 83.7 Å². The summed E-state index contributed by atoms with van der Waals surface area (Å²) in [4.78, 5) is 53.8. The molecule has 3 aromatic rings. The predicted molar refractivity (Wildman–Crippen MR) is 161 cm³/mol. The second-order valence-corrected chi connectivity index (χ2v) is 11.6. The summed E-state index contributed by atoms with van der Waals surface area (Å²) in [6.45, 7) is 4.27. The van der Waals surface area contributed by atoms with Crippen LogP contribution in [0, 0.1) is 5.82 Å². The standard InChI is InChI=1S/C32H39FN4O6/c1-31(2,35-30(41)42)20-43-19-27(38)36(4)26(17-22-10-13-23-8-6-7-9-24(23)16-22)28(39)37(5)32(3,29(34)40)18-21-11-14-25(33)15-12-21/h6-16,26,35H,17-20H2,1-5H3,(H2,34,40)(H,41,42)/t26-,32-/m1/s1. The van der Waals surface area contributed by atoms with Crippen LogP contribution in [0.1, 0.15) is 31.9 Å². The third-order valence-corrected chi connectivity index (χ3v) is 7.59. The largest absolute Gasteiger partial charge is 0.465 e. The van der Waals surface area contributed by atoms with Gasteiger partial charge in [-0.15, -0.1) is 0 Å². The van der Waals surface area contributed by atoms with Gasteiger partial charge in [0.2, 0.25) is 17.7 Å². The molecule has 0 unspecified atom stereocenters. The first kappa shape index (κ1) is 33.0. The summed E-state index contributed by atoms with van der Waals surface area (Å²) >= 11 is 0. The molecule has 4 amide bonds. The van der Waals surface area contributed by atoms with Crippen molar-refractivity contribution in [2.75, 3.05) is 27.3 Å². The van der Waals surface area contributed by atoms with E-state index in [1.165, 1.54) is 55.1 Å². The number of nitrogens with two attached hydrogens (primary N) is 1. The molecule has 0 radical (unpaired) electrons. The molecule has 0 bridgehead atoms. The highest BCUT2D eigenvalue weighted by Crippen LogP contribution is 2.24. The highest BCUT2D eigenvalue weighted by atomic mass is 19.1. The predicted octanol–water partition coefficient (Wildman–Crippen LogP) is 3.36. The number of fused-ring (bicyclic) bond motifs is 1. The van der Waals surface area contributed by atoms with E-state index in [2.05, 4.69) is 5.32 Å². The summed E-state index contributed by atoms with van der Waals surface area (Å²) in [5, 5.41) is 13.3. The molecule has 3 aromatic carbocycles.